The van der Waals surface area contributed by atoms with Crippen LogP contribution in [0.2, 0.25) is 0 Å². The van der Waals surface area contributed by atoms with Crippen LogP contribution in [0.25, 0.3) is 0 Å². The zero-order chi connectivity index (χ0) is 11.8. The van der Waals surface area contributed by atoms with Gasteiger partial charge in [-0.05, 0) is 30.2 Å². The Hall–Kier alpha value is -2.16. The molecule has 0 amide bonds. The molecule has 84 valence electrons. The van der Waals surface area contributed by atoms with Crippen molar-refractivity contribution in [1.82, 2.24) is 4.57 Å². The molecule has 0 aliphatic carbocycles. The van der Waals surface area contributed by atoms with Gasteiger partial charge in [-0.3, -0.25) is 9.59 Å². The molecule has 3 rings (SSSR count). The van der Waals surface area contributed by atoms with Crippen LogP contribution in [-0.4, -0.2) is 16.6 Å². The molecule has 0 bridgehead atoms. The molecule has 1 aliphatic heterocycles. The van der Waals surface area contributed by atoms with Crippen molar-refractivity contribution in [2.24, 2.45) is 0 Å². The van der Waals surface area contributed by atoms with E-state index >= 15 is 0 Å². The van der Waals surface area contributed by atoms with Gasteiger partial charge in [0.05, 0.1) is 5.69 Å². The molecule has 17 heavy (non-hydrogen) atoms. The topological polar surface area (TPSA) is 39.1 Å². The number of fused-ring (bicyclic) bond motifs is 2. The lowest BCUT2D eigenvalue weighted by molar-refractivity contribution is 0.103. The molecule has 0 atom stereocenters. The van der Waals surface area contributed by atoms with E-state index < -0.39 is 0 Å². The summed E-state index contributed by atoms with van der Waals surface area (Å²) in [5, 5.41) is 0. The number of hydrogen-bond donors (Lipinski definition) is 0. The normalized spacial score (nSPS) is 13.8. The highest BCUT2D eigenvalue weighted by Gasteiger charge is 2.20. The van der Waals surface area contributed by atoms with E-state index in [1.54, 1.807) is 12.1 Å². The fourth-order valence-electron chi connectivity index (χ4n) is 2.29. The van der Waals surface area contributed by atoms with Crippen molar-refractivity contribution in [3.8, 4) is 0 Å². The first-order chi connectivity index (χ1) is 8.29. The van der Waals surface area contributed by atoms with Gasteiger partial charge in [-0.2, -0.15) is 0 Å². The predicted molar refractivity (Wildman–Crippen MR) is 63.4 cm³/mol. The molecule has 0 fully saturated rings. The highest BCUT2D eigenvalue weighted by Crippen LogP contribution is 2.21. The fourth-order valence-corrected chi connectivity index (χ4v) is 2.29. The highest BCUT2D eigenvalue weighted by molar-refractivity contribution is 6.09. The molecular formula is C14H11NO2. The van der Waals surface area contributed by atoms with Gasteiger partial charge in [0.1, 0.15) is 6.29 Å². The van der Waals surface area contributed by atoms with Gasteiger partial charge in [-0.1, -0.05) is 12.1 Å². The molecule has 0 saturated heterocycles. The van der Waals surface area contributed by atoms with E-state index in [4.69, 9.17) is 0 Å². The molecule has 0 radical (unpaired) electrons. The average molecular weight is 225 g/mol. The first-order valence-corrected chi connectivity index (χ1v) is 5.57. The largest absolute Gasteiger partial charge is 0.344 e. The Morgan fingerprint density at radius 2 is 2.12 bits per heavy atom. The van der Waals surface area contributed by atoms with Crippen LogP contribution in [0.3, 0.4) is 0 Å². The van der Waals surface area contributed by atoms with Crippen molar-refractivity contribution < 1.29 is 9.59 Å². The lowest BCUT2D eigenvalue weighted by Crippen LogP contribution is -2.06. The van der Waals surface area contributed by atoms with Crippen LogP contribution in [0, 0.1) is 0 Å². The van der Waals surface area contributed by atoms with Crippen molar-refractivity contribution >= 4 is 12.1 Å². The minimum Gasteiger partial charge on any atom is -0.344 e. The summed E-state index contributed by atoms with van der Waals surface area (Å²) in [6, 6.07) is 9.03. The molecule has 1 aliphatic rings. The standard InChI is InChI=1S/C14H11NO2/c16-9-10-3-4-11-5-7-15-6-1-2-13(15)14(17)12(11)8-10/h1-4,6,8-9H,5,7H2. The molecule has 0 saturated carbocycles. The Kier molecular flexibility index (Phi) is 2.18. The van der Waals surface area contributed by atoms with Crippen molar-refractivity contribution in [1.29, 1.82) is 0 Å². The molecule has 1 aromatic carbocycles. The lowest BCUT2D eigenvalue weighted by atomic mass is 9.98. The number of nitrogens with zero attached hydrogens (tertiary/aromatic N) is 1. The van der Waals surface area contributed by atoms with Crippen LogP contribution in [0.4, 0.5) is 0 Å². The molecule has 2 aromatic rings. The van der Waals surface area contributed by atoms with E-state index in [1.807, 2.05) is 29.0 Å². The van der Waals surface area contributed by atoms with E-state index in [1.165, 1.54) is 0 Å². The van der Waals surface area contributed by atoms with Crippen molar-refractivity contribution in [3.05, 3.63) is 58.9 Å². The summed E-state index contributed by atoms with van der Waals surface area (Å²) in [5.41, 5.74) is 2.93. The van der Waals surface area contributed by atoms with Crippen LogP contribution < -0.4 is 0 Å². The Labute approximate surface area is 98.7 Å². The second-order valence-electron chi connectivity index (χ2n) is 4.20. The summed E-state index contributed by atoms with van der Waals surface area (Å²) in [6.07, 6.45) is 3.51. The number of rotatable bonds is 1. The van der Waals surface area contributed by atoms with Crippen molar-refractivity contribution in [2.45, 2.75) is 13.0 Å². The molecule has 0 N–H and O–H groups in total. The highest BCUT2D eigenvalue weighted by atomic mass is 16.1. The first-order valence-electron chi connectivity index (χ1n) is 5.57. The summed E-state index contributed by atoms with van der Waals surface area (Å²) >= 11 is 0. The molecule has 3 nitrogen and oxygen atoms in total. The third-order valence-corrected chi connectivity index (χ3v) is 3.20. The van der Waals surface area contributed by atoms with E-state index in [-0.39, 0.29) is 5.78 Å². The van der Waals surface area contributed by atoms with Gasteiger partial charge < -0.3 is 4.57 Å². The summed E-state index contributed by atoms with van der Waals surface area (Å²) in [5.74, 6) is 0.00574. The number of ketones is 1. The predicted octanol–water partition coefficient (Wildman–Crippen LogP) is 2.09. The third kappa shape index (κ3) is 1.51. The van der Waals surface area contributed by atoms with E-state index in [0.717, 1.165) is 24.8 Å². The molecule has 2 heterocycles. The summed E-state index contributed by atoms with van der Waals surface area (Å²) in [6.45, 7) is 0.807. The van der Waals surface area contributed by atoms with Gasteiger partial charge in [-0.25, -0.2) is 0 Å². The van der Waals surface area contributed by atoms with Crippen LogP contribution in [0.15, 0.2) is 36.5 Å². The maximum absolute atomic E-state index is 12.3. The van der Waals surface area contributed by atoms with Crippen LogP contribution >= 0.6 is 0 Å². The van der Waals surface area contributed by atoms with Crippen molar-refractivity contribution in [2.75, 3.05) is 0 Å². The summed E-state index contributed by atoms with van der Waals surface area (Å²) in [7, 11) is 0. The Bertz CT molecular complexity index is 610. The van der Waals surface area contributed by atoms with Gasteiger partial charge in [0.2, 0.25) is 5.78 Å². The average Bonchev–Trinajstić information content (AvgIpc) is 2.79. The monoisotopic (exact) mass is 225 g/mol. The number of carbonyl (C=O) groups is 2. The van der Waals surface area contributed by atoms with Crippen LogP contribution in [0.1, 0.15) is 32.0 Å². The Morgan fingerprint density at radius 1 is 1.24 bits per heavy atom. The number of aromatic nitrogens is 1. The number of benzene rings is 1. The van der Waals surface area contributed by atoms with Crippen LogP contribution in [-0.2, 0) is 13.0 Å². The molecule has 3 heteroatoms. The van der Waals surface area contributed by atoms with Gasteiger partial charge in [0, 0.05) is 23.9 Å². The SMILES string of the molecule is O=Cc1ccc2c(c1)C(=O)c1cccn1CC2. The molecule has 0 unspecified atom stereocenters. The number of aldehydes is 1. The number of carbonyl (C=O) groups excluding carboxylic acids is 2. The van der Waals surface area contributed by atoms with Crippen molar-refractivity contribution in [3.63, 3.8) is 0 Å². The zero-order valence-electron chi connectivity index (χ0n) is 9.22. The van der Waals surface area contributed by atoms with Crippen LogP contribution in [0.5, 0.6) is 0 Å². The molecular weight excluding hydrogens is 214 g/mol. The lowest BCUT2D eigenvalue weighted by Gasteiger charge is -2.04. The number of hydrogen-bond acceptors (Lipinski definition) is 2. The summed E-state index contributed by atoms with van der Waals surface area (Å²) < 4.78 is 1.96. The van der Waals surface area contributed by atoms with E-state index in [9.17, 15) is 9.59 Å². The zero-order valence-corrected chi connectivity index (χ0v) is 9.22. The molecule has 1 aromatic heterocycles. The quantitative estimate of drug-likeness (QED) is 0.697. The minimum atomic E-state index is 0.00574. The van der Waals surface area contributed by atoms with Gasteiger partial charge in [-0.15, -0.1) is 0 Å². The van der Waals surface area contributed by atoms with E-state index in [2.05, 4.69) is 0 Å². The van der Waals surface area contributed by atoms with Gasteiger partial charge in [0.15, 0.2) is 0 Å². The minimum absolute atomic E-state index is 0.00574. The Morgan fingerprint density at radius 3 is 2.94 bits per heavy atom. The summed E-state index contributed by atoms with van der Waals surface area (Å²) in [4.78, 5) is 23.1. The van der Waals surface area contributed by atoms with Gasteiger partial charge in [0.25, 0.3) is 0 Å². The number of aryl methyl sites for hydroxylation is 2. The Balaban J connectivity index is 2.20. The van der Waals surface area contributed by atoms with E-state index in [0.29, 0.717) is 16.8 Å². The maximum atomic E-state index is 12.3. The third-order valence-electron chi connectivity index (χ3n) is 3.20. The second kappa shape index (κ2) is 3.70. The van der Waals surface area contributed by atoms with Gasteiger partial charge >= 0.3 is 0 Å². The second-order valence-corrected chi connectivity index (χ2v) is 4.20. The maximum Gasteiger partial charge on any atom is 0.209 e. The first kappa shape index (κ1) is 10.0. The molecule has 0 spiro atoms. The smallest absolute Gasteiger partial charge is 0.209 e. The fraction of sp³-hybridized carbons (Fsp3) is 0.143.